The summed E-state index contributed by atoms with van der Waals surface area (Å²) in [7, 11) is 0. The zero-order valence-corrected chi connectivity index (χ0v) is 8.40. The lowest BCUT2D eigenvalue weighted by molar-refractivity contribution is 1.36. The summed E-state index contributed by atoms with van der Waals surface area (Å²) in [5.41, 5.74) is 3.02. The van der Waals surface area contributed by atoms with Crippen LogP contribution in [0.4, 0.5) is 0 Å². The molecule has 0 N–H and O–H groups in total. The fourth-order valence-electron chi connectivity index (χ4n) is 1.62. The first-order chi connectivity index (χ1) is 6.24. The monoisotopic (exact) mass is 187 g/mol. The van der Waals surface area contributed by atoms with Gasteiger partial charge in [-0.25, -0.2) is 0 Å². The Hall–Kier alpha value is -1.33. The molecule has 13 heavy (non-hydrogen) atoms. The van der Waals surface area contributed by atoms with Gasteiger partial charge in [0.15, 0.2) is 0 Å². The highest BCUT2D eigenvalue weighted by atomic mass is 32.1. The fourth-order valence-corrected chi connectivity index (χ4v) is 2.52. The van der Waals surface area contributed by atoms with E-state index >= 15 is 0 Å². The molecule has 0 unspecified atom stereocenters. The van der Waals surface area contributed by atoms with Crippen molar-refractivity contribution >= 4 is 21.4 Å². The smallest absolute Gasteiger partial charge is 0.0997 e. The van der Waals surface area contributed by atoms with Gasteiger partial charge in [0.1, 0.15) is 0 Å². The summed E-state index contributed by atoms with van der Waals surface area (Å²) in [4.78, 5) is 0. The maximum Gasteiger partial charge on any atom is 0.0997 e. The molecule has 0 fully saturated rings. The molecular weight excluding hydrogens is 178 g/mol. The zero-order chi connectivity index (χ0) is 9.42. The lowest BCUT2D eigenvalue weighted by Gasteiger charge is -2.02. The molecule has 0 atom stereocenters. The van der Waals surface area contributed by atoms with Crippen molar-refractivity contribution in [2.45, 2.75) is 13.8 Å². The number of fused-ring (bicyclic) bond motifs is 1. The Morgan fingerprint density at radius 1 is 1.38 bits per heavy atom. The number of nitrogens with zero attached hydrogens (tertiary/aromatic N) is 1. The van der Waals surface area contributed by atoms with E-state index in [-0.39, 0.29) is 0 Å². The van der Waals surface area contributed by atoms with Crippen LogP contribution in [0.5, 0.6) is 0 Å². The van der Waals surface area contributed by atoms with Crippen molar-refractivity contribution in [1.82, 2.24) is 0 Å². The number of hydrogen-bond donors (Lipinski definition) is 0. The second kappa shape index (κ2) is 2.86. The van der Waals surface area contributed by atoms with E-state index in [2.05, 4.69) is 23.6 Å². The van der Waals surface area contributed by atoms with Gasteiger partial charge in [-0.3, -0.25) is 0 Å². The van der Waals surface area contributed by atoms with Crippen LogP contribution in [0.25, 0.3) is 10.1 Å². The Balaban J connectivity index is 2.95. The molecule has 2 rings (SSSR count). The highest BCUT2D eigenvalue weighted by molar-refractivity contribution is 7.17. The molecule has 0 saturated heterocycles. The highest BCUT2D eigenvalue weighted by Gasteiger charge is 2.07. The SMILES string of the molecule is Cc1cc2ccsc2c(C)c1C#N. The van der Waals surface area contributed by atoms with E-state index in [9.17, 15) is 0 Å². The van der Waals surface area contributed by atoms with Crippen molar-refractivity contribution in [2.24, 2.45) is 0 Å². The van der Waals surface area contributed by atoms with E-state index in [1.807, 2.05) is 13.8 Å². The van der Waals surface area contributed by atoms with Crippen LogP contribution in [0, 0.1) is 25.2 Å². The molecule has 0 aliphatic heterocycles. The van der Waals surface area contributed by atoms with Crippen molar-refractivity contribution in [3.8, 4) is 6.07 Å². The van der Waals surface area contributed by atoms with Crippen molar-refractivity contribution in [2.75, 3.05) is 0 Å². The Labute approximate surface area is 81.2 Å². The zero-order valence-electron chi connectivity index (χ0n) is 7.59. The van der Waals surface area contributed by atoms with Crippen molar-refractivity contribution in [3.63, 3.8) is 0 Å². The molecular formula is C11H9NS. The van der Waals surface area contributed by atoms with Crippen molar-refractivity contribution in [3.05, 3.63) is 34.2 Å². The average molecular weight is 187 g/mol. The molecule has 1 heterocycles. The number of hydrogen-bond acceptors (Lipinski definition) is 2. The average Bonchev–Trinajstić information content (AvgIpc) is 2.53. The molecule has 0 aliphatic rings. The second-order valence-corrected chi connectivity index (χ2v) is 4.06. The standard InChI is InChI=1S/C11H9NS/c1-7-5-9-3-4-13-11(9)8(2)10(7)6-12/h3-5H,1-2H3. The number of thiophene rings is 1. The minimum atomic E-state index is 0.829. The summed E-state index contributed by atoms with van der Waals surface area (Å²) in [5, 5.41) is 12.3. The van der Waals surface area contributed by atoms with Crippen LogP contribution < -0.4 is 0 Å². The highest BCUT2D eigenvalue weighted by Crippen LogP contribution is 2.28. The van der Waals surface area contributed by atoms with Gasteiger partial charge in [0.25, 0.3) is 0 Å². The van der Waals surface area contributed by atoms with Gasteiger partial charge >= 0.3 is 0 Å². The molecule has 0 amide bonds. The minimum absolute atomic E-state index is 0.829. The Morgan fingerprint density at radius 3 is 2.85 bits per heavy atom. The molecule has 1 aromatic heterocycles. The van der Waals surface area contributed by atoms with Crippen LogP contribution in [0.2, 0.25) is 0 Å². The predicted molar refractivity (Wildman–Crippen MR) is 56.0 cm³/mol. The molecule has 1 aromatic carbocycles. The normalized spacial score (nSPS) is 10.2. The predicted octanol–water partition coefficient (Wildman–Crippen LogP) is 3.39. The van der Waals surface area contributed by atoms with Crippen LogP contribution in [-0.4, -0.2) is 0 Å². The summed E-state index contributed by atoms with van der Waals surface area (Å²) < 4.78 is 1.24. The van der Waals surface area contributed by atoms with E-state index in [0.29, 0.717) is 0 Å². The first kappa shape index (κ1) is 8.28. The molecule has 64 valence electrons. The van der Waals surface area contributed by atoms with Crippen LogP contribution in [0.1, 0.15) is 16.7 Å². The van der Waals surface area contributed by atoms with Gasteiger partial charge in [0, 0.05) is 4.70 Å². The van der Waals surface area contributed by atoms with Gasteiger partial charge in [-0.2, -0.15) is 5.26 Å². The molecule has 0 spiro atoms. The van der Waals surface area contributed by atoms with Gasteiger partial charge in [0.05, 0.1) is 11.6 Å². The lowest BCUT2D eigenvalue weighted by atomic mass is 10.0. The van der Waals surface area contributed by atoms with E-state index < -0.39 is 0 Å². The summed E-state index contributed by atoms with van der Waals surface area (Å²) >= 11 is 1.70. The van der Waals surface area contributed by atoms with Crippen molar-refractivity contribution in [1.29, 1.82) is 5.26 Å². The largest absolute Gasteiger partial charge is 0.192 e. The first-order valence-corrected chi connectivity index (χ1v) is 4.99. The molecule has 0 aliphatic carbocycles. The Bertz CT molecular complexity index is 503. The van der Waals surface area contributed by atoms with Crippen LogP contribution in [0.15, 0.2) is 17.5 Å². The lowest BCUT2D eigenvalue weighted by Crippen LogP contribution is -1.86. The summed E-state index contributed by atoms with van der Waals surface area (Å²) in [6.45, 7) is 4.01. The summed E-state index contributed by atoms with van der Waals surface area (Å²) in [5.74, 6) is 0. The molecule has 0 radical (unpaired) electrons. The van der Waals surface area contributed by atoms with E-state index in [1.165, 1.54) is 10.1 Å². The molecule has 1 nitrogen and oxygen atoms in total. The van der Waals surface area contributed by atoms with Crippen molar-refractivity contribution < 1.29 is 0 Å². The summed E-state index contributed by atoms with van der Waals surface area (Å²) in [6.07, 6.45) is 0. The third-order valence-corrected chi connectivity index (χ3v) is 3.34. The summed E-state index contributed by atoms with van der Waals surface area (Å²) in [6, 6.07) is 6.43. The molecule has 0 bridgehead atoms. The van der Waals surface area contributed by atoms with Crippen LogP contribution in [-0.2, 0) is 0 Å². The topological polar surface area (TPSA) is 23.8 Å². The van der Waals surface area contributed by atoms with E-state index in [1.54, 1.807) is 11.3 Å². The quantitative estimate of drug-likeness (QED) is 0.620. The van der Waals surface area contributed by atoms with Gasteiger partial charge in [-0.1, -0.05) is 0 Å². The van der Waals surface area contributed by atoms with Crippen LogP contribution in [0.3, 0.4) is 0 Å². The van der Waals surface area contributed by atoms with E-state index in [4.69, 9.17) is 5.26 Å². The molecule has 0 saturated carbocycles. The first-order valence-electron chi connectivity index (χ1n) is 4.11. The Morgan fingerprint density at radius 2 is 2.15 bits per heavy atom. The second-order valence-electron chi connectivity index (χ2n) is 3.14. The third-order valence-electron chi connectivity index (χ3n) is 2.29. The number of aryl methyl sites for hydroxylation is 2. The third kappa shape index (κ3) is 1.13. The molecule has 2 aromatic rings. The maximum atomic E-state index is 8.95. The van der Waals surface area contributed by atoms with Gasteiger partial charge in [-0.05, 0) is 47.9 Å². The fraction of sp³-hybridized carbons (Fsp3) is 0.182. The van der Waals surface area contributed by atoms with Gasteiger partial charge in [-0.15, -0.1) is 11.3 Å². The van der Waals surface area contributed by atoms with Gasteiger partial charge in [0.2, 0.25) is 0 Å². The number of benzene rings is 1. The number of nitriles is 1. The van der Waals surface area contributed by atoms with Gasteiger partial charge < -0.3 is 0 Å². The molecule has 2 heteroatoms. The van der Waals surface area contributed by atoms with Crippen LogP contribution >= 0.6 is 11.3 Å². The Kier molecular flexibility index (Phi) is 1.82. The maximum absolute atomic E-state index is 8.95. The minimum Gasteiger partial charge on any atom is -0.192 e. The number of rotatable bonds is 0. The van der Waals surface area contributed by atoms with E-state index in [0.717, 1.165) is 16.7 Å².